The molecule has 0 aliphatic carbocycles. The Morgan fingerprint density at radius 2 is 1.60 bits per heavy atom. The zero-order valence-corrected chi connectivity index (χ0v) is 14.3. The number of rotatable bonds is 5. The zero-order chi connectivity index (χ0) is 17.7. The van der Waals surface area contributed by atoms with E-state index in [4.69, 9.17) is 14.7 Å². The quantitative estimate of drug-likeness (QED) is 0.559. The van der Waals surface area contributed by atoms with Gasteiger partial charge < -0.3 is 14.6 Å². The molecule has 6 nitrogen and oxygen atoms in total. The number of benzene rings is 2. The van der Waals surface area contributed by atoms with Crippen LogP contribution >= 0.6 is 11.8 Å². The topological polar surface area (TPSA) is 88.0 Å². The predicted octanol–water partition coefficient (Wildman–Crippen LogP) is 3.33. The summed E-state index contributed by atoms with van der Waals surface area (Å²) in [5.41, 5.74) is 1.78. The summed E-state index contributed by atoms with van der Waals surface area (Å²) in [5.74, 6) is 1.06. The van der Waals surface area contributed by atoms with Crippen molar-refractivity contribution in [3.8, 4) is 17.2 Å². The van der Waals surface area contributed by atoms with E-state index in [0.717, 1.165) is 4.90 Å². The van der Waals surface area contributed by atoms with Gasteiger partial charge in [0.1, 0.15) is 22.0 Å². The van der Waals surface area contributed by atoms with Crippen LogP contribution in [-0.2, 0) is 9.53 Å². The lowest BCUT2D eigenvalue weighted by Gasteiger charge is -2.34. The number of nitrogens with one attached hydrogen (secondary N) is 1. The van der Waals surface area contributed by atoms with Crippen LogP contribution in [0.3, 0.4) is 0 Å². The summed E-state index contributed by atoms with van der Waals surface area (Å²) in [4.78, 5) is 13.1. The molecule has 0 atom stereocenters. The van der Waals surface area contributed by atoms with Crippen molar-refractivity contribution >= 4 is 17.7 Å². The molecule has 25 heavy (non-hydrogen) atoms. The number of phenols is 1. The maximum atomic E-state index is 12.1. The van der Waals surface area contributed by atoms with Gasteiger partial charge in [0.15, 0.2) is 0 Å². The van der Waals surface area contributed by atoms with Crippen LogP contribution in [-0.4, -0.2) is 34.2 Å². The van der Waals surface area contributed by atoms with Crippen molar-refractivity contribution in [2.75, 3.05) is 13.2 Å². The maximum Gasteiger partial charge on any atom is 0.260 e. The second-order valence-corrected chi connectivity index (χ2v) is 7.17. The minimum atomic E-state index is -0.730. The van der Waals surface area contributed by atoms with Gasteiger partial charge in [-0.15, -0.1) is 11.8 Å². The van der Waals surface area contributed by atoms with Crippen LogP contribution in [0, 0.1) is 0 Å². The summed E-state index contributed by atoms with van der Waals surface area (Å²) in [6, 6.07) is 13.9. The third-order valence-corrected chi connectivity index (χ3v) is 5.52. The molecule has 2 aromatic rings. The molecule has 0 unspecified atom stereocenters. The third-order valence-electron chi connectivity index (χ3n) is 4.03. The first kappa shape index (κ1) is 17.6. The number of ether oxygens (including phenoxy) is 2. The van der Waals surface area contributed by atoms with Gasteiger partial charge in [-0.05, 0) is 61.4 Å². The SMILES string of the molecule is O=C(NO)C1(Sc2ccc(Oc3ccc(O)cc3)cc2)CCOCC1. The molecular formula is C18H19NO5S. The molecule has 1 amide bonds. The van der Waals surface area contributed by atoms with Crippen molar-refractivity contribution < 1.29 is 24.6 Å². The average molecular weight is 361 g/mol. The van der Waals surface area contributed by atoms with Crippen LogP contribution in [0.1, 0.15) is 12.8 Å². The maximum absolute atomic E-state index is 12.1. The molecule has 0 spiro atoms. The Hall–Kier alpha value is -2.22. The van der Waals surface area contributed by atoms with Crippen LogP contribution in [0.5, 0.6) is 17.2 Å². The molecule has 3 rings (SSSR count). The van der Waals surface area contributed by atoms with Gasteiger partial charge in [-0.1, -0.05) is 0 Å². The van der Waals surface area contributed by atoms with Crippen molar-refractivity contribution in [2.45, 2.75) is 22.5 Å². The van der Waals surface area contributed by atoms with Gasteiger partial charge in [-0.3, -0.25) is 10.0 Å². The standard InChI is InChI=1S/C18H19NO5S/c20-13-1-3-14(4-2-13)24-15-5-7-16(8-6-15)25-18(17(21)19-22)9-11-23-12-10-18/h1-8,20,22H,9-12H2,(H,19,21). The fraction of sp³-hybridized carbons (Fsp3) is 0.278. The van der Waals surface area contributed by atoms with Gasteiger partial charge in [0, 0.05) is 18.1 Å². The van der Waals surface area contributed by atoms with Crippen LogP contribution in [0.4, 0.5) is 0 Å². The predicted molar refractivity (Wildman–Crippen MR) is 93.2 cm³/mol. The van der Waals surface area contributed by atoms with E-state index in [-0.39, 0.29) is 5.75 Å². The lowest BCUT2D eigenvalue weighted by Crippen LogP contribution is -2.46. The van der Waals surface area contributed by atoms with Gasteiger partial charge in [-0.25, -0.2) is 5.48 Å². The van der Waals surface area contributed by atoms with E-state index in [0.29, 0.717) is 37.6 Å². The molecule has 2 aromatic carbocycles. The molecule has 1 saturated heterocycles. The molecule has 7 heteroatoms. The third kappa shape index (κ3) is 4.25. The van der Waals surface area contributed by atoms with Crippen molar-refractivity contribution in [1.82, 2.24) is 5.48 Å². The summed E-state index contributed by atoms with van der Waals surface area (Å²) < 4.78 is 10.3. The van der Waals surface area contributed by atoms with E-state index < -0.39 is 10.7 Å². The largest absolute Gasteiger partial charge is 0.508 e. The fourth-order valence-electron chi connectivity index (χ4n) is 2.63. The summed E-state index contributed by atoms with van der Waals surface area (Å²) >= 11 is 1.42. The molecule has 1 aliphatic rings. The van der Waals surface area contributed by atoms with Crippen LogP contribution in [0.15, 0.2) is 53.4 Å². The number of amides is 1. The summed E-state index contributed by atoms with van der Waals surface area (Å²) in [5, 5.41) is 18.4. The average Bonchev–Trinajstić information content (AvgIpc) is 2.65. The first-order chi connectivity index (χ1) is 12.1. The number of phenolic OH excluding ortho intramolecular Hbond substituents is 1. The molecule has 0 aromatic heterocycles. The Labute approximate surface area is 149 Å². The Morgan fingerprint density at radius 3 is 2.16 bits per heavy atom. The van der Waals surface area contributed by atoms with E-state index in [1.807, 2.05) is 24.3 Å². The molecule has 1 fully saturated rings. The second-order valence-electron chi connectivity index (χ2n) is 5.72. The molecule has 132 valence electrons. The molecule has 1 heterocycles. The number of aromatic hydroxyl groups is 1. The highest BCUT2D eigenvalue weighted by molar-refractivity contribution is 8.01. The van der Waals surface area contributed by atoms with Gasteiger partial charge in [0.25, 0.3) is 5.91 Å². The fourth-order valence-corrected chi connectivity index (χ4v) is 3.86. The summed E-state index contributed by atoms with van der Waals surface area (Å²) in [7, 11) is 0. The number of hydroxylamine groups is 1. The lowest BCUT2D eigenvalue weighted by molar-refractivity contribution is -0.134. The molecular weight excluding hydrogens is 342 g/mol. The van der Waals surface area contributed by atoms with E-state index in [2.05, 4.69) is 0 Å². The highest BCUT2D eigenvalue weighted by Crippen LogP contribution is 2.41. The lowest BCUT2D eigenvalue weighted by atomic mass is 9.98. The summed E-state index contributed by atoms with van der Waals surface area (Å²) in [6.45, 7) is 0.977. The highest BCUT2D eigenvalue weighted by Gasteiger charge is 2.41. The summed E-state index contributed by atoms with van der Waals surface area (Å²) in [6.07, 6.45) is 1.08. The first-order valence-corrected chi connectivity index (χ1v) is 8.71. The van der Waals surface area contributed by atoms with Crippen molar-refractivity contribution in [1.29, 1.82) is 0 Å². The Kier molecular flexibility index (Phi) is 5.47. The monoisotopic (exact) mass is 361 g/mol. The van der Waals surface area contributed by atoms with Crippen LogP contribution in [0.25, 0.3) is 0 Å². The molecule has 0 bridgehead atoms. The number of hydrogen-bond acceptors (Lipinski definition) is 6. The van der Waals surface area contributed by atoms with Gasteiger partial charge in [0.2, 0.25) is 0 Å². The molecule has 1 aliphatic heterocycles. The van der Waals surface area contributed by atoms with Gasteiger partial charge in [0.05, 0.1) is 0 Å². The normalized spacial score (nSPS) is 16.2. The minimum Gasteiger partial charge on any atom is -0.508 e. The van der Waals surface area contributed by atoms with Gasteiger partial charge in [-0.2, -0.15) is 0 Å². The molecule has 0 radical (unpaired) electrons. The van der Waals surface area contributed by atoms with E-state index in [1.165, 1.54) is 11.8 Å². The minimum absolute atomic E-state index is 0.183. The molecule has 0 saturated carbocycles. The van der Waals surface area contributed by atoms with Crippen LogP contribution < -0.4 is 10.2 Å². The number of carbonyl (C=O) groups excluding carboxylic acids is 1. The van der Waals surface area contributed by atoms with Crippen molar-refractivity contribution in [3.63, 3.8) is 0 Å². The number of hydrogen-bond donors (Lipinski definition) is 3. The smallest absolute Gasteiger partial charge is 0.260 e. The second kappa shape index (κ2) is 7.77. The highest BCUT2D eigenvalue weighted by atomic mass is 32.2. The van der Waals surface area contributed by atoms with Crippen LogP contribution in [0.2, 0.25) is 0 Å². The molecule has 3 N–H and O–H groups in total. The number of thioether (sulfide) groups is 1. The van der Waals surface area contributed by atoms with E-state index in [9.17, 15) is 9.90 Å². The Morgan fingerprint density at radius 1 is 1.04 bits per heavy atom. The van der Waals surface area contributed by atoms with Crippen molar-refractivity contribution in [2.24, 2.45) is 0 Å². The van der Waals surface area contributed by atoms with Crippen molar-refractivity contribution in [3.05, 3.63) is 48.5 Å². The first-order valence-electron chi connectivity index (χ1n) is 7.90. The van der Waals surface area contributed by atoms with E-state index in [1.54, 1.807) is 29.7 Å². The van der Waals surface area contributed by atoms with Gasteiger partial charge >= 0.3 is 0 Å². The zero-order valence-electron chi connectivity index (χ0n) is 13.5. The Balaban J connectivity index is 1.70. The van der Waals surface area contributed by atoms with E-state index >= 15 is 0 Å². The Bertz CT molecular complexity index is 711. The number of carbonyl (C=O) groups is 1.